The molecule has 1 aliphatic rings. The Bertz CT molecular complexity index is 1690. The van der Waals surface area contributed by atoms with Crippen molar-refractivity contribution in [1.82, 2.24) is 24.6 Å². The van der Waals surface area contributed by atoms with Gasteiger partial charge in [-0.05, 0) is 106 Å². The quantitative estimate of drug-likeness (QED) is 0.176. The van der Waals surface area contributed by atoms with Crippen LogP contribution in [-0.4, -0.2) is 46.8 Å². The lowest BCUT2D eigenvalue weighted by Gasteiger charge is -2.35. The number of benzene rings is 2. The molecular formula is C31H35FN8O2S. The van der Waals surface area contributed by atoms with Gasteiger partial charge in [0.05, 0.1) is 4.90 Å². The molecular weight excluding hydrogens is 567 g/mol. The van der Waals surface area contributed by atoms with Gasteiger partial charge in [-0.1, -0.05) is 0 Å². The SMILES string of the molecule is Cc1[nH]c(C#N)cc1C(C)NC1CCC(N(C)S(=O)(=O)c2ccc(Nc3nccc(Nc4ccc(F)cc4)n3)cc2)CC1. The van der Waals surface area contributed by atoms with Crippen LogP contribution in [0, 0.1) is 24.1 Å². The number of H-pyrrole nitrogens is 1. The number of hydrogen-bond donors (Lipinski definition) is 4. The molecule has 2 heterocycles. The third-order valence-corrected chi connectivity index (χ3v) is 9.82. The van der Waals surface area contributed by atoms with E-state index in [0.29, 0.717) is 28.8 Å². The van der Waals surface area contributed by atoms with E-state index in [0.717, 1.165) is 36.9 Å². The summed E-state index contributed by atoms with van der Waals surface area (Å²) in [5, 5.41) is 19.0. The van der Waals surface area contributed by atoms with Gasteiger partial charge in [-0.15, -0.1) is 0 Å². The summed E-state index contributed by atoms with van der Waals surface area (Å²) in [6.45, 7) is 4.06. The van der Waals surface area contributed by atoms with Gasteiger partial charge in [0.1, 0.15) is 23.4 Å². The van der Waals surface area contributed by atoms with E-state index in [9.17, 15) is 12.8 Å². The molecule has 5 rings (SSSR count). The van der Waals surface area contributed by atoms with Crippen molar-refractivity contribution < 1.29 is 12.8 Å². The molecule has 4 N–H and O–H groups in total. The molecule has 0 saturated heterocycles. The Hall–Kier alpha value is -4.31. The van der Waals surface area contributed by atoms with Crippen LogP contribution in [0.2, 0.25) is 0 Å². The van der Waals surface area contributed by atoms with Gasteiger partial charge in [-0.3, -0.25) is 0 Å². The Labute approximate surface area is 251 Å². The average molecular weight is 603 g/mol. The van der Waals surface area contributed by atoms with Crippen molar-refractivity contribution in [2.75, 3.05) is 17.7 Å². The zero-order chi connectivity index (χ0) is 30.6. The van der Waals surface area contributed by atoms with Gasteiger partial charge in [-0.25, -0.2) is 17.8 Å². The molecule has 2 aromatic heterocycles. The zero-order valence-corrected chi connectivity index (χ0v) is 25.1. The van der Waals surface area contributed by atoms with Crippen molar-refractivity contribution in [3.05, 3.63) is 89.6 Å². The molecule has 1 saturated carbocycles. The third kappa shape index (κ3) is 7.19. The van der Waals surface area contributed by atoms with Gasteiger partial charge in [-0.2, -0.15) is 14.6 Å². The van der Waals surface area contributed by atoms with Crippen LogP contribution in [0.5, 0.6) is 0 Å². The molecule has 1 aliphatic carbocycles. The maximum absolute atomic E-state index is 13.5. The van der Waals surface area contributed by atoms with Crippen molar-refractivity contribution in [2.45, 2.75) is 62.6 Å². The molecule has 2 aromatic carbocycles. The standard InChI is InChI=1S/C31H35FN8O2S/c1-20(29-18-26(19-33)36-21(29)2)35-23-8-12-27(13-9-23)40(3)43(41,42)28-14-10-25(11-15-28)38-31-34-17-16-30(39-31)37-24-6-4-22(32)5-7-24/h4-7,10-11,14-18,20,23,27,35-36H,8-9,12-13H2,1-3H3,(H2,34,37,38,39). The maximum atomic E-state index is 13.5. The molecule has 0 bridgehead atoms. The van der Waals surface area contributed by atoms with Gasteiger partial charge in [0, 0.05) is 48.4 Å². The van der Waals surface area contributed by atoms with E-state index in [4.69, 9.17) is 5.26 Å². The minimum Gasteiger partial charge on any atom is -0.350 e. The van der Waals surface area contributed by atoms with Crippen LogP contribution in [0.15, 0.2) is 71.8 Å². The summed E-state index contributed by atoms with van der Waals surface area (Å²) in [7, 11) is -2.02. The van der Waals surface area contributed by atoms with Crippen LogP contribution >= 0.6 is 0 Å². The molecule has 1 unspecified atom stereocenters. The lowest BCUT2D eigenvalue weighted by molar-refractivity contribution is 0.241. The van der Waals surface area contributed by atoms with Crippen molar-refractivity contribution in [1.29, 1.82) is 5.26 Å². The Kier molecular flexibility index (Phi) is 9.05. The summed E-state index contributed by atoms with van der Waals surface area (Å²) in [4.78, 5) is 12.0. The summed E-state index contributed by atoms with van der Waals surface area (Å²) >= 11 is 0. The van der Waals surface area contributed by atoms with Crippen LogP contribution in [0.1, 0.15) is 55.6 Å². The first-order valence-corrected chi connectivity index (χ1v) is 15.6. The largest absolute Gasteiger partial charge is 0.350 e. The monoisotopic (exact) mass is 602 g/mol. The smallest absolute Gasteiger partial charge is 0.243 e. The van der Waals surface area contributed by atoms with E-state index in [2.05, 4.69) is 43.9 Å². The molecule has 0 aliphatic heterocycles. The summed E-state index contributed by atoms with van der Waals surface area (Å²) in [5.74, 6) is 0.534. The number of sulfonamides is 1. The highest BCUT2D eigenvalue weighted by atomic mass is 32.2. The van der Waals surface area contributed by atoms with E-state index < -0.39 is 10.0 Å². The number of nitrogens with one attached hydrogen (secondary N) is 4. The van der Waals surface area contributed by atoms with Crippen molar-refractivity contribution >= 4 is 33.2 Å². The Balaban J connectivity index is 1.16. The number of aromatic amines is 1. The first kappa shape index (κ1) is 30.2. The summed E-state index contributed by atoms with van der Waals surface area (Å²) in [5.41, 5.74) is 3.94. The lowest BCUT2D eigenvalue weighted by Crippen LogP contribution is -2.43. The fourth-order valence-corrected chi connectivity index (χ4v) is 6.92. The Morgan fingerprint density at radius 2 is 1.67 bits per heavy atom. The van der Waals surface area contributed by atoms with E-state index in [1.54, 1.807) is 55.7 Å². The highest BCUT2D eigenvalue weighted by molar-refractivity contribution is 7.89. The molecule has 0 spiro atoms. The van der Waals surface area contributed by atoms with E-state index in [-0.39, 0.29) is 28.8 Å². The van der Waals surface area contributed by atoms with Crippen LogP contribution in [-0.2, 0) is 10.0 Å². The summed E-state index contributed by atoms with van der Waals surface area (Å²) in [6.07, 6.45) is 4.83. The molecule has 43 heavy (non-hydrogen) atoms. The number of hydrogen-bond acceptors (Lipinski definition) is 8. The van der Waals surface area contributed by atoms with Crippen LogP contribution in [0.3, 0.4) is 0 Å². The molecule has 0 radical (unpaired) electrons. The number of aromatic nitrogens is 3. The van der Waals surface area contributed by atoms with Crippen LogP contribution in [0.25, 0.3) is 0 Å². The molecule has 1 atom stereocenters. The van der Waals surface area contributed by atoms with Crippen molar-refractivity contribution in [3.63, 3.8) is 0 Å². The zero-order valence-electron chi connectivity index (χ0n) is 24.3. The van der Waals surface area contributed by atoms with Gasteiger partial charge < -0.3 is 20.9 Å². The Morgan fingerprint density at radius 1 is 1.02 bits per heavy atom. The van der Waals surface area contributed by atoms with Crippen molar-refractivity contribution in [3.8, 4) is 6.07 Å². The number of anilines is 4. The molecule has 224 valence electrons. The highest BCUT2D eigenvalue weighted by Crippen LogP contribution is 2.29. The summed E-state index contributed by atoms with van der Waals surface area (Å²) in [6, 6.07) is 18.5. The number of aryl methyl sites for hydroxylation is 1. The number of nitrogens with zero attached hydrogens (tertiary/aromatic N) is 4. The molecule has 0 amide bonds. The van der Waals surface area contributed by atoms with Gasteiger partial charge in [0.2, 0.25) is 16.0 Å². The number of nitriles is 1. The first-order chi connectivity index (χ1) is 20.6. The third-order valence-electron chi connectivity index (χ3n) is 7.90. The molecule has 1 fully saturated rings. The maximum Gasteiger partial charge on any atom is 0.243 e. The van der Waals surface area contributed by atoms with Crippen LogP contribution < -0.4 is 16.0 Å². The van der Waals surface area contributed by atoms with Crippen molar-refractivity contribution in [2.24, 2.45) is 0 Å². The molecule has 12 heteroatoms. The number of halogens is 1. The fraction of sp³-hybridized carbons (Fsp3) is 0.323. The topological polar surface area (TPSA) is 139 Å². The fourth-order valence-electron chi connectivity index (χ4n) is 5.50. The first-order valence-electron chi connectivity index (χ1n) is 14.2. The van der Waals surface area contributed by atoms with Gasteiger partial charge in [0.25, 0.3) is 0 Å². The van der Waals surface area contributed by atoms with Gasteiger partial charge in [0.15, 0.2) is 0 Å². The van der Waals surface area contributed by atoms with E-state index in [1.165, 1.54) is 16.4 Å². The predicted octanol–water partition coefficient (Wildman–Crippen LogP) is 5.89. The normalized spacial score (nSPS) is 17.8. The molecule has 4 aromatic rings. The average Bonchev–Trinajstić information content (AvgIpc) is 3.39. The minimum atomic E-state index is -3.68. The van der Waals surface area contributed by atoms with Gasteiger partial charge >= 0.3 is 0 Å². The van der Waals surface area contributed by atoms with Crippen LogP contribution in [0.4, 0.5) is 27.5 Å². The predicted molar refractivity (Wildman–Crippen MR) is 164 cm³/mol. The second-order valence-electron chi connectivity index (χ2n) is 10.8. The van der Waals surface area contributed by atoms with E-state index in [1.807, 2.05) is 13.0 Å². The number of rotatable bonds is 10. The summed E-state index contributed by atoms with van der Waals surface area (Å²) < 4.78 is 41.6. The molecule has 10 nitrogen and oxygen atoms in total. The second-order valence-corrected chi connectivity index (χ2v) is 12.8. The Morgan fingerprint density at radius 3 is 2.33 bits per heavy atom. The second kappa shape index (κ2) is 12.9. The van der Waals surface area contributed by atoms with E-state index >= 15 is 0 Å². The lowest BCUT2D eigenvalue weighted by atomic mass is 9.90. The minimum absolute atomic E-state index is 0.0832. The highest BCUT2D eigenvalue weighted by Gasteiger charge is 2.32.